The Hall–Kier alpha value is -3.39. The molecule has 33 heavy (non-hydrogen) atoms. The van der Waals surface area contributed by atoms with Gasteiger partial charge in [-0.3, -0.25) is 4.98 Å². The summed E-state index contributed by atoms with van der Waals surface area (Å²) in [5, 5.41) is 2.39. The SMILES string of the molecule is Cc1cc(-c2c(C)ccc3c2oc2ccc4c(c23)-c2ccccc2C4(C)C)ncc1C(C)C. The highest BCUT2D eigenvalue weighted by atomic mass is 16.3. The van der Waals surface area contributed by atoms with Crippen LogP contribution in [-0.2, 0) is 5.41 Å². The van der Waals surface area contributed by atoms with Crippen LogP contribution >= 0.6 is 0 Å². The van der Waals surface area contributed by atoms with E-state index in [-0.39, 0.29) is 5.41 Å². The first kappa shape index (κ1) is 20.2. The molecule has 6 rings (SSSR count). The maximum atomic E-state index is 6.60. The van der Waals surface area contributed by atoms with Crippen molar-refractivity contribution in [3.05, 3.63) is 88.6 Å². The first-order valence-electron chi connectivity index (χ1n) is 11.8. The summed E-state index contributed by atoms with van der Waals surface area (Å²) >= 11 is 0. The molecule has 164 valence electrons. The van der Waals surface area contributed by atoms with E-state index in [2.05, 4.69) is 96.1 Å². The molecule has 2 nitrogen and oxygen atoms in total. The van der Waals surface area contributed by atoms with Crippen LogP contribution in [0.3, 0.4) is 0 Å². The van der Waals surface area contributed by atoms with Crippen LogP contribution in [0.1, 0.15) is 61.4 Å². The number of furan rings is 1. The summed E-state index contributed by atoms with van der Waals surface area (Å²) in [4.78, 5) is 4.88. The summed E-state index contributed by atoms with van der Waals surface area (Å²) in [5.41, 5.74) is 13.1. The van der Waals surface area contributed by atoms with Crippen LogP contribution in [-0.4, -0.2) is 4.98 Å². The molecule has 2 heteroatoms. The van der Waals surface area contributed by atoms with Crippen molar-refractivity contribution in [2.75, 3.05) is 0 Å². The summed E-state index contributed by atoms with van der Waals surface area (Å²) in [6, 6.07) is 19.9. The van der Waals surface area contributed by atoms with Crippen LogP contribution in [0.15, 0.2) is 65.2 Å². The molecule has 5 aromatic rings. The van der Waals surface area contributed by atoms with E-state index in [4.69, 9.17) is 9.40 Å². The third-order valence-corrected chi connectivity index (χ3v) is 7.59. The number of nitrogens with zero attached hydrogens (tertiary/aromatic N) is 1. The van der Waals surface area contributed by atoms with Gasteiger partial charge >= 0.3 is 0 Å². The Morgan fingerprint density at radius 2 is 1.64 bits per heavy atom. The number of fused-ring (bicyclic) bond motifs is 7. The minimum absolute atomic E-state index is 0.0252. The fourth-order valence-corrected chi connectivity index (χ4v) is 5.85. The van der Waals surface area contributed by atoms with Crippen LogP contribution in [0, 0.1) is 13.8 Å². The Morgan fingerprint density at radius 1 is 0.848 bits per heavy atom. The maximum Gasteiger partial charge on any atom is 0.145 e. The van der Waals surface area contributed by atoms with Gasteiger partial charge in [0.15, 0.2) is 0 Å². The van der Waals surface area contributed by atoms with Crippen molar-refractivity contribution >= 4 is 21.9 Å². The molecule has 0 atom stereocenters. The van der Waals surface area contributed by atoms with Crippen molar-refractivity contribution < 1.29 is 4.42 Å². The summed E-state index contributed by atoms with van der Waals surface area (Å²) < 4.78 is 6.60. The molecule has 2 heterocycles. The van der Waals surface area contributed by atoms with Gasteiger partial charge in [-0.25, -0.2) is 0 Å². The second kappa shape index (κ2) is 6.81. The van der Waals surface area contributed by atoms with E-state index in [1.165, 1.54) is 49.7 Å². The van der Waals surface area contributed by atoms with Gasteiger partial charge in [-0.2, -0.15) is 0 Å². The predicted molar refractivity (Wildman–Crippen MR) is 138 cm³/mol. The molecule has 0 fully saturated rings. The average molecular weight is 432 g/mol. The van der Waals surface area contributed by atoms with Crippen LogP contribution < -0.4 is 0 Å². The van der Waals surface area contributed by atoms with Crippen LogP contribution in [0.2, 0.25) is 0 Å². The zero-order chi connectivity index (χ0) is 23.1. The Bertz CT molecular complexity index is 1580. The van der Waals surface area contributed by atoms with E-state index in [1.54, 1.807) is 0 Å². The van der Waals surface area contributed by atoms with Crippen molar-refractivity contribution in [2.24, 2.45) is 0 Å². The third-order valence-electron chi connectivity index (χ3n) is 7.59. The van der Waals surface area contributed by atoms with Crippen molar-refractivity contribution in [3.63, 3.8) is 0 Å². The van der Waals surface area contributed by atoms with E-state index in [0.29, 0.717) is 5.92 Å². The molecular formula is C31H29NO. The van der Waals surface area contributed by atoms with E-state index < -0.39 is 0 Å². The normalized spacial score (nSPS) is 14.3. The van der Waals surface area contributed by atoms with Gasteiger partial charge in [0.2, 0.25) is 0 Å². The van der Waals surface area contributed by atoms with E-state index in [0.717, 1.165) is 22.4 Å². The molecule has 0 aliphatic heterocycles. The first-order valence-corrected chi connectivity index (χ1v) is 11.8. The lowest BCUT2D eigenvalue weighted by atomic mass is 9.82. The quantitative estimate of drug-likeness (QED) is 0.279. The van der Waals surface area contributed by atoms with E-state index in [9.17, 15) is 0 Å². The van der Waals surface area contributed by atoms with Gasteiger partial charge < -0.3 is 4.42 Å². The van der Waals surface area contributed by atoms with Crippen LogP contribution in [0.4, 0.5) is 0 Å². The Morgan fingerprint density at radius 3 is 2.39 bits per heavy atom. The van der Waals surface area contributed by atoms with E-state index >= 15 is 0 Å². The van der Waals surface area contributed by atoms with Gasteiger partial charge in [0.05, 0.1) is 5.69 Å². The highest BCUT2D eigenvalue weighted by molar-refractivity contribution is 6.17. The van der Waals surface area contributed by atoms with Crippen molar-refractivity contribution in [1.82, 2.24) is 4.98 Å². The smallest absolute Gasteiger partial charge is 0.145 e. The van der Waals surface area contributed by atoms with Gasteiger partial charge in [0.1, 0.15) is 11.2 Å². The minimum Gasteiger partial charge on any atom is -0.455 e. The number of hydrogen-bond donors (Lipinski definition) is 0. The minimum atomic E-state index is -0.0252. The van der Waals surface area contributed by atoms with Gasteiger partial charge in [-0.05, 0) is 70.8 Å². The molecule has 3 aromatic carbocycles. The van der Waals surface area contributed by atoms with Crippen molar-refractivity contribution in [1.29, 1.82) is 0 Å². The molecule has 0 spiro atoms. The molecule has 0 radical (unpaired) electrons. The molecule has 1 aliphatic carbocycles. The number of aromatic nitrogens is 1. The highest BCUT2D eigenvalue weighted by Gasteiger charge is 2.37. The molecule has 0 saturated heterocycles. The number of rotatable bonds is 2. The number of pyridine rings is 1. The van der Waals surface area contributed by atoms with Gasteiger partial charge in [-0.1, -0.05) is 70.2 Å². The second-order valence-corrected chi connectivity index (χ2v) is 10.3. The summed E-state index contributed by atoms with van der Waals surface area (Å²) in [5.74, 6) is 0.459. The van der Waals surface area contributed by atoms with Gasteiger partial charge in [-0.15, -0.1) is 0 Å². The lowest BCUT2D eigenvalue weighted by Gasteiger charge is -2.21. The predicted octanol–water partition coefficient (Wildman–Crippen LogP) is 8.69. The van der Waals surface area contributed by atoms with Crippen molar-refractivity contribution in [2.45, 2.75) is 52.9 Å². The number of aryl methyl sites for hydroxylation is 2. The molecule has 0 saturated carbocycles. The topological polar surface area (TPSA) is 26.0 Å². The Kier molecular flexibility index (Phi) is 4.17. The Labute approximate surface area is 195 Å². The lowest BCUT2D eigenvalue weighted by molar-refractivity contribution is 0.657. The molecule has 0 unspecified atom stereocenters. The highest BCUT2D eigenvalue weighted by Crippen LogP contribution is 2.53. The van der Waals surface area contributed by atoms with E-state index in [1.807, 2.05) is 6.20 Å². The first-order chi connectivity index (χ1) is 15.8. The summed E-state index contributed by atoms with van der Waals surface area (Å²) in [7, 11) is 0. The Balaban J connectivity index is 1.69. The lowest BCUT2D eigenvalue weighted by Crippen LogP contribution is -2.14. The fourth-order valence-electron chi connectivity index (χ4n) is 5.85. The van der Waals surface area contributed by atoms with Crippen LogP contribution in [0.5, 0.6) is 0 Å². The monoisotopic (exact) mass is 431 g/mol. The molecule has 0 bridgehead atoms. The standard InChI is InChI=1S/C31H29NO/c1-17(2)22-16-32-25(15-19(22)4)27-18(3)11-12-21-29-26(33-30(21)27)14-13-24-28(29)20-9-7-8-10-23(20)31(24,5)6/h7-17H,1-6H3. The zero-order valence-corrected chi connectivity index (χ0v) is 20.2. The van der Waals surface area contributed by atoms with Crippen LogP contribution in [0.25, 0.3) is 44.3 Å². The number of hydrogen-bond acceptors (Lipinski definition) is 2. The molecule has 0 N–H and O–H groups in total. The maximum absolute atomic E-state index is 6.60. The number of benzene rings is 3. The van der Waals surface area contributed by atoms with Gasteiger partial charge in [0, 0.05) is 27.9 Å². The van der Waals surface area contributed by atoms with Crippen molar-refractivity contribution in [3.8, 4) is 22.4 Å². The second-order valence-electron chi connectivity index (χ2n) is 10.3. The average Bonchev–Trinajstić information content (AvgIpc) is 3.26. The van der Waals surface area contributed by atoms with Gasteiger partial charge in [0.25, 0.3) is 0 Å². The fraction of sp³-hybridized carbons (Fsp3) is 0.258. The molecule has 2 aromatic heterocycles. The molecule has 0 amide bonds. The molecular weight excluding hydrogens is 402 g/mol. The largest absolute Gasteiger partial charge is 0.455 e. The zero-order valence-electron chi connectivity index (χ0n) is 20.2. The molecule has 1 aliphatic rings. The summed E-state index contributed by atoms with van der Waals surface area (Å²) in [6.45, 7) is 13.4. The third kappa shape index (κ3) is 2.70. The summed E-state index contributed by atoms with van der Waals surface area (Å²) in [6.07, 6.45) is 2.03.